The standard InChI is InChI=1S/C11H18N2O6/c1-7(9(16)18-3)12-10(17)13-5-11(2,6-13)19-4-8(14)15/h7H,4-6H2,1-3H3,(H,12,17)(H,14,15). The van der Waals surface area contributed by atoms with Gasteiger partial charge in [0, 0.05) is 0 Å². The molecule has 2 amide bonds. The molecule has 8 heteroatoms. The number of carbonyl (C=O) groups excluding carboxylic acids is 2. The molecule has 0 bridgehead atoms. The molecular weight excluding hydrogens is 256 g/mol. The monoisotopic (exact) mass is 274 g/mol. The van der Waals surface area contributed by atoms with E-state index in [9.17, 15) is 14.4 Å². The van der Waals surface area contributed by atoms with Gasteiger partial charge in [-0.15, -0.1) is 0 Å². The van der Waals surface area contributed by atoms with Gasteiger partial charge in [0.15, 0.2) is 0 Å². The van der Waals surface area contributed by atoms with Gasteiger partial charge in [0.05, 0.1) is 20.2 Å². The summed E-state index contributed by atoms with van der Waals surface area (Å²) in [6.07, 6.45) is 0. The zero-order valence-electron chi connectivity index (χ0n) is 11.1. The molecule has 8 nitrogen and oxygen atoms in total. The quantitative estimate of drug-likeness (QED) is 0.651. The van der Waals surface area contributed by atoms with E-state index in [0.29, 0.717) is 0 Å². The third-order valence-electron chi connectivity index (χ3n) is 2.78. The van der Waals surface area contributed by atoms with Crippen LogP contribution in [0.4, 0.5) is 4.79 Å². The van der Waals surface area contributed by atoms with Crippen molar-refractivity contribution in [3.8, 4) is 0 Å². The van der Waals surface area contributed by atoms with Crippen LogP contribution in [0.15, 0.2) is 0 Å². The first-order chi connectivity index (χ1) is 8.77. The number of methoxy groups -OCH3 is 1. The second kappa shape index (κ2) is 5.87. The zero-order valence-corrected chi connectivity index (χ0v) is 11.1. The number of nitrogens with one attached hydrogen (secondary N) is 1. The van der Waals surface area contributed by atoms with E-state index in [0.717, 1.165) is 0 Å². The van der Waals surface area contributed by atoms with E-state index in [4.69, 9.17) is 9.84 Å². The van der Waals surface area contributed by atoms with Gasteiger partial charge >= 0.3 is 18.0 Å². The van der Waals surface area contributed by atoms with Crippen LogP contribution in [0.3, 0.4) is 0 Å². The van der Waals surface area contributed by atoms with Gasteiger partial charge in [0.25, 0.3) is 0 Å². The highest BCUT2D eigenvalue weighted by atomic mass is 16.5. The number of nitrogens with zero attached hydrogens (tertiary/aromatic N) is 1. The average molecular weight is 274 g/mol. The van der Waals surface area contributed by atoms with Crippen LogP contribution in [0.25, 0.3) is 0 Å². The van der Waals surface area contributed by atoms with Crippen LogP contribution in [-0.4, -0.2) is 66.4 Å². The molecule has 2 N–H and O–H groups in total. The highest BCUT2D eigenvalue weighted by molar-refractivity contribution is 5.83. The summed E-state index contributed by atoms with van der Waals surface area (Å²) < 4.78 is 9.66. The fraction of sp³-hybridized carbons (Fsp3) is 0.727. The lowest BCUT2D eigenvalue weighted by molar-refractivity contribution is -0.159. The van der Waals surface area contributed by atoms with Crippen molar-refractivity contribution in [2.75, 3.05) is 26.8 Å². The van der Waals surface area contributed by atoms with Gasteiger partial charge < -0.3 is 24.8 Å². The Kier molecular flexibility index (Phi) is 4.71. The molecule has 19 heavy (non-hydrogen) atoms. The molecule has 1 rings (SSSR count). The number of hydrogen-bond acceptors (Lipinski definition) is 5. The van der Waals surface area contributed by atoms with Gasteiger partial charge in [-0.25, -0.2) is 14.4 Å². The third kappa shape index (κ3) is 4.09. The molecule has 0 saturated carbocycles. The predicted molar refractivity (Wildman–Crippen MR) is 63.6 cm³/mol. The van der Waals surface area contributed by atoms with Crippen LogP contribution < -0.4 is 5.32 Å². The summed E-state index contributed by atoms with van der Waals surface area (Å²) in [5, 5.41) is 11.0. The molecule has 1 aliphatic heterocycles. The first-order valence-electron chi connectivity index (χ1n) is 5.76. The molecule has 0 aliphatic carbocycles. The highest BCUT2D eigenvalue weighted by Crippen LogP contribution is 2.24. The summed E-state index contributed by atoms with van der Waals surface area (Å²) >= 11 is 0. The number of ether oxygens (including phenoxy) is 2. The lowest BCUT2D eigenvalue weighted by Crippen LogP contribution is -2.66. The Balaban J connectivity index is 2.35. The van der Waals surface area contributed by atoms with Gasteiger partial charge in [0.2, 0.25) is 0 Å². The van der Waals surface area contributed by atoms with Crippen LogP contribution in [0.5, 0.6) is 0 Å². The fourth-order valence-corrected chi connectivity index (χ4v) is 1.74. The first kappa shape index (κ1) is 15.2. The SMILES string of the molecule is COC(=O)C(C)NC(=O)N1CC(C)(OCC(=O)O)C1. The van der Waals surface area contributed by atoms with E-state index in [-0.39, 0.29) is 13.1 Å². The number of carboxylic acid groups (broad SMARTS) is 1. The molecule has 1 atom stereocenters. The van der Waals surface area contributed by atoms with Gasteiger partial charge in [-0.2, -0.15) is 0 Å². The van der Waals surface area contributed by atoms with Crippen LogP contribution in [0.2, 0.25) is 0 Å². The molecule has 0 aromatic rings. The Morgan fingerprint density at radius 2 is 2.00 bits per heavy atom. The van der Waals surface area contributed by atoms with Crippen molar-refractivity contribution in [3.63, 3.8) is 0 Å². The number of aliphatic carboxylic acids is 1. The van der Waals surface area contributed by atoms with Crippen molar-refractivity contribution >= 4 is 18.0 Å². The lowest BCUT2D eigenvalue weighted by atomic mass is 9.97. The van der Waals surface area contributed by atoms with Gasteiger partial charge in [-0.05, 0) is 13.8 Å². The molecule has 108 valence electrons. The zero-order chi connectivity index (χ0) is 14.6. The molecule has 1 heterocycles. The smallest absolute Gasteiger partial charge is 0.329 e. The Bertz CT molecular complexity index is 377. The molecule has 1 aliphatic rings. The van der Waals surface area contributed by atoms with E-state index in [2.05, 4.69) is 10.1 Å². The van der Waals surface area contributed by atoms with Gasteiger partial charge in [0.1, 0.15) is 18.2 Å². The Hall–Kier alpha value is -1.83. The molecule has 1 saturated heterocycles. The van der Waals surface area contributed by atoms with Crippen molar-refractivity contribution in [1.82, 2.24) is 10.2 Å². The Labute approximate surface area is 110 Å². The maximum absolute atomic E-state index is 11.7. The number of amides is 2. The summed E-state index contributed by atoms with van der Waals surface area (Å²) in [5.41, 5.74) is -0.649. The largest absolute Gasteiger partial charge is 0.480 e. The predicted octanol–water partition coefficient (Wildman–Crippen LogP) is -0.567. The highest BCUT2D eigenvalue weighted by Gasteiger charge is 2.43. The van der Waals surface area contributed by atoms with Crippen molar-refractivity contribution < 1.29 is 29.0 Å². The van der Waals surface area contributed by atoms with E-state index < -0.39 is 36.2 Å². The summed E-state index contributed by atoms with van der Waals surface area (Å²) in [5.74, 6) is -1.58. The maximum atomic E-state index is 11.7. The average Bonchev–Trinajstić information content (AvgIpc) is 2.31. The van der Waals surface area contributed by atoms with E-state index >= 15 is 0 Å². The summed E-state index contributed by atoms with van der Waals surface area (Å²) in [4.78, 5) is 34.7. The van der Waals surface area contributed by atoms with Crippen LogP contribution in [0, 0.1) is 0 Å². The first-order valence-corrected chi connectivity index (χ1v) is 5.76. The van der Waals surface area contributed by atoms with E-state index in [1.165, 1.54) is 18.9 Å². The van der Waals surface area contributed by atoms with Gasteiger partial charge in [-0.1, -0.05) is 0 Å². The Morgan fingerprint density at radius 3 is 2.47 bits per heavy atom. The van der Waals surface area contributed by atoms with Crippen molar-refractivity contribution in [1.29, 1.82) is 0 Å². The number of carboxylic acids is 1. The normalized spacial score (nSPS) is 18.2. The number of carbonyl (C=O) groups is 3. The molecule has 0 radical (unpaired) electrons. The molecule has 0 aromatic carbocycles. The van der Waals surface area contributed by atoms with E-state index in [1.807, 2.05) is 0 Å². The molecule has 1 unspecified atom stereocenters. The number of rotatable bonds is 5. The second-order valence-corrected chi connectivity index (χ2v) is 4.68. The van der Waals surface area contributed by atoms with Crippen LogP contribution >= 0.6 is 0 Å². The number of urea groups is 1. The third-order valence-corrected chi connectivity index (χ3v) is 2.78. The summed E-state index contributed by atoms with van der Waals surface area (Å²) in [6, 6.07) is -1.14. The topological polar surface area (TPSA) is 105 Å². The minimum Gasteiger partial charge on any atom is -0.480 e. The molecular formula is C11H18N2O6. The Morgan fingerprint density at radius 1 is 1.42 bits per heavy atom. The molecule has 0 aromatic heterocycles. The van der Waals surface area contributed by atoms with Crippen LogP contribution in [-0.2, 0) is 19.1 Å². The minimum atomic E-state index is -1.05. The maximum Gasteiger partial charge on any atom is 0.329 e. The summed E-state index contributed by atoms with van der Waals surface area (Å²) in [6.45, 7) is 3.40. The van der Waals surface area contributed by atoms with Crippen LogP contribution in [0.1, 0.15) is 13.8 Å². The van der Waals surface area contributed by atoms with Crippen molar-refractivity contribution in [3.05, 3.63) is 0 Å². The minimum absolute atomic E-state index is 0.278. The summed E-state index contributed by atoms with van der Waals surface area (Å²) in [7, 11) is 1.24. The lowest BCUT2D eigenvalue weighted by Gasteiger charge is -2.47. The van der Waals surface area contributed by atoms with Crippen molar-refractivity contribution in [2.45, 2.75) is 25.5 Å². The van der Waals surface area contributed by atoms with E-state index in [1.54, 1.807) is 6.92 Å². The number of esters is 1. The number of likely N-dealkylation sites (tertiary alicyclic amines) is 1. The molecule has 1 fully saturated rings. The fourth-order valence-electron chi connectivity index (χ4n) is 1.74. The molecule has 0 spiro atoms. The van der Waals surface area contributed by atoms with Crippen molar-refractivity contribution in [2.24, 2.45) is 0 Å². The van der Waals surface area contributed by atoms with Gasteiger partial charge in [-0.3, -0.25) is 0 Å². The number of hydrogen-bond donors (Lipinski definition) is 2. The second-order valence-electron chi connectivity index (χ2n) is 4.68.